The Hall–Kier alpha value is -0.770. The summed E-state index contributed by atoms with van der Waals surface area (Å²) in [6, 6.07) is 0. The third-order valence-corrected chi connectivity index (χ3v) is 3.92. The minimum absolute atomic E-state index is 0.294. The molecule has 0 aromatic rings. The van der Waals surface area contributed by atoms with E-state index >= 15 is 0 Å². The molecule has 1 unspecified atom stereocenters. The maximum absolute atomic E-state index is 6.07. The second-order valence-electron chi connectivity index (χ2n) is 5.94. The van der Waals surface area contributed by atoms with Crippen molar-refractivity contribution in [2.45, 2.75) is 53.1 Å². The predicted molar refractivity (Wildman–Crippen MR) is 81.3 cm³/mol. The van der Waals surface area contributed by atoms with Crippen LogP contribution in [0.25, 0.3) is 0 Å². The van der Waals surface area contributed by atoms with Crippen LogP contribution in [0.2, 0.25) is 0 Å². The fourth-order valence-corrected chi connectivity index (χ4v) is 2.47. The number of nitrogens with two attached hydrogens (primary N) is 1. The van der Waals surface area contributed by atoms with E-state index in [0.29, 0.717) is 18.0 Å². The lowest BCUT2D eigenvalue weighted by Gasteiger charge is -2.31. The Labute approximate surface area is 118 Å². The monoisotopic (exact) mass is 269 g/mol. The highest BCUT2D eigenvalue weighted by molar-refractivity contribution is 5.78. The predicted octanol–water partition coefficient (Wildman–Crippen LogP) is 2.48. The van der Waals surface area contributed by atoms with Gasteiger partial charge in [-0.05, 0) is 38.0 Å². The van der Waals surface area contributed by atoms with Crippen LogP contribution >= 0.6 is 0 Å². The quantitative estimate of drug-likeness (QED) is 0.595. The van der Waals surface area contributed by atoms with Gasteiger partial charge in [0.25, 0.3) is 0 Å². The van der Waals surface area contributed by atoms with Crippen molar-refractivity contribution in [2.24, 2.45) is 22.6 Å². The molecule has 1 saturated heterocycles. The standard InChI is InChI=1S/C15H31N3O/c1-5-19-14(12(2)3)6-9-17-15(16)18-10-7-13(4)8-11-18/h12-14H,5-11H2,1-4H3,(H2,16,17). The Morgan fingerprint density at radius 2 is 2.00 bits per heavy atom. The molecule has 1 fully saturated rings. The van der Waals surface area contributed by atoms with Gasteiger partial charge < -0.3 is 15.4 Å². The second kappa shape index (κ2) is 8.41. The number of hydrogen-bond donors (Lipinski definition) is 1. The zero-order chi connectivity index (χ0) is 14.3. The molecule has 4 heteroatoms. The highest BCUT2D eigenvalue weighted by atomic mass is 16.5. The maximum Gasteiger partial charge on any atom is 0.191 e. The SMILES string of the molecule is CCOC(CCN=C(N)N1CCC(C)CC1)C(C)C. The van der Waals surface area contributed by atoms with Gasteiger partial charge in [0, 0.05) is 26.2 Å². The molecule has 19 heavy (non-hydrogen) atoms. The van der Waals surface area contributed by atoms with Crippen molar-refractivity contribution in [2.75, 3.05) is 26.2 Å². The molecule has 0 aromatic carbocycles. The van der Waals surface area contributed by atoms with Gasteiger partial charge in [-0.1, -0.05) is 20.8 Å². The molecule has 0 bridgehead atoms. The zero-order valence-electron chi connectivity index (χ0n) is 13.1. The van der Waals surface area contributed by atoms with E-state index in [1.807, 2.05) is 6.92 Å². The molecule has 1 atom stereocenters. The smallest absolute Gasteiger partial charge is 0.191 e. The van der Waals surface area contributed by atoms with Crippen LogP contribution in [0.4, 0.5) is 0 Å². The zero-order valence-corrected chi connectivity index (χ0v) is 13.1. The number of ether oxygens (including phenoxy) is 1. The van der Waals surface area contributed by atoms with Gasteiger partial charge in [0.05, 0.1) is 6.10 Å². The molecule has 1 heterocycles. The van der Waals surface area contributed by atoms with E-state index in [1.54, 1.807) is 0 Å². The van der Waals surface area contributed by atoms with Gasteiger partial charge in [-0.15, -0.1) is 0 Å². The van der Waals surface area contributed by atoms with Crippen molar-refractivity contribution < 1.29 is 4.74 Å². The third-order valence-electron chi connectivity index (χ3n) is 3.92. The molecule has 0 saturated carbocycles. The molecule has 0 aromatic heterocycles. The van der Waals surface area contributed by atoms with Crippen molar-refractivity contribution in [3.8, 4) is 0 Å². The first kappa shape index (κ1) is 16.3. The summed E-state index contributed by atoms with van der Waals surface area (Å²) in [4.78, 5) is 6.73. The van der Waals surface area contributed by atoms with Gasteiger partial charge in [-0.3, -0.25) is 4.99 Å². The first-order valence-corrected chi connectivity index (χ1v) is 7.71. The summed E-state index contributed by atoms with van der Waals surface area (Å²) in [5, 5.41) is 0. The molecule has 0 amide bonds. The second-order valence-corrected chi connectivity index (χ2v) is 5.94. The van der Waals surface area contributed by atoms with Crippen molar-refractivity contribution in [1.82, 2.24) is 4.90 Å². The lowest BCUT2D eigenvalue weighted by Crippen LogP contribution is -2.42. The molecule has 1 aliphatic rings. The van der Waals surface area contributed by atoms with Crippen LogP contribution in [0.5, 0.6) is 0 Å². The van der Waals surface area contributed by atoms with Crippen LogP contribution in [-0.4, -0.2) is 43.2 Å². The summed E-state index contributed by atoms with van der Waals surface area (Å²) in [7, 11) is 0. The van der Waals surface area contributed by atoms with Crippen molar-refractivity contribution in [1.29, 1.82) is 0 Å². The number of piperidine rings is 1. The van der Waals surface area contributed by atoms with E-state index in [4.69, 9.17) is 10.5 Å². The van der Waals surface area contributed by atoms with Crippen molar-refractivity contribution >= 4 is 5.96 Å². The summed E-state index contributed by atoms with van der Waals surface area (Å²) in [6.07, 6.45) is 3.70. The Bertz CT molecular complexity index is 271. The molecular weight excluding hydrogens is 238 g/mol. The van der Waals surface area contributed by atoms with Crippen molar-refractivity contribution in [3.63, 3.8) is 0 Å². The largest absolute Gasteiger partial charge is 0.378 e. The number of guanidine groups is 1. The van der Waals surface area contributed by atoms with Gasteiger partial charge in [0.15, 0.2) is 5.96 Å². The summed E-state index contributed by atoms with van der Waals surface area (Å²) in [5.41, 5.74) is 6.07. The number of hydrogen-bond acceptors (Lipinski definition) is 2. The normalized spacial score (nSPS) is 20.1. The highest BCUT2D eigenvalue weighted by Gasteiger charge is 2.17. The van der Waals surface area contributed by atoms with E-state index in [0.717, 1.165) is 38.6 Å². The van der Waals surface area contributed by atoms with Crippen LogP contribution < -0.4 is 5.73 Å². The summed E-state index contributed by atoms with van der Waals surface area (Å²) < 4.78 is 5.72. The van der Waals surface area contributed by atoms with Crippen LogP contribution in [0, 0.1) is 11.8 Å². The topological polar surface area (TPSA) is 50.9 Å². The van der Waals surface area contributed by atoms with Crippen LogP contribution in [0.15, 0.2) is 4.99 Å². The molecule has 4 nitrogen and oxygen atoms in total. The summed E-state index contributed by atoms with van der Waals surface area (Å²) >= 11 is 0. The summed E-state index contributed by atoms with van der Waals surface area (Å²) in [5.74, 6) is 2.07. The first-order chi connectivity index (χ1) is 9.04. The van der Waals surface area contributed by atoms with E-state index in [2.05, 4.69) is 30.7 Å². The lowest BCUT2D eigenvalue weighted by molar-refractivity contribution is 0.0266. The Kier molecular flexibility index (Phi) is 7.21. The van der Waals surface area contributed by atoms with Crippen LogP contribution in [-0.2, 0) is 4.74 Å². The molecule has 0 spiro atoms. The number of rotatable bonds is 6. The van der Waals surface area contributed by atoms with E-state index in [1.165, 1.54) is 12.8 Å². The fraction of sp³-hybridized carbons (Fsp3) is 0.933. The maximum atomic E-state index is 6.07. The molecule has 2 N–H and O–H groups in total. The van der Waals surface area contributed by atoms with Crippen molar-refractivity contribution in [3.05, 3.63) is 0 Å². The van der Waals surface area contributed by atoms with Gasteiger partial charge in [-0.2, -0.15) is 0 Å². The number of aliphatic imine (C=N–C) groups is 1. The average Bonchev–Trinajstić information content (AvgIpc) is 2.38. The van der Waals surface area contributed by atoms with E-state index < -0.39 is 0 Å². The third kappa shape index (κ3) is 5.81. The van der Waals surface area contributed by atoms with Gasteiger partial charge in [-0.25, -0.2) is 0 Å². The summed E-state index contributed by atoms with van der Waals surface area (Å²) in [6.45, 7) is 12.4. The molecule has 0 aliphatic carbocycles. The molecule has 0 radical (unpaired) electrons. The minimum atomic E-state index is 0.294. The highest BCUT2D eigenvalue weighted by Crippen LogP contribution is 2.16. The fourth-order valence-electron chi connectivity index (χ4n) is 2.47. The van der Waals surface area contributed by atoms with Gasteiger partial charge in [0.2, 0.25) is 0 Å². The molecule has 1 rings (SSSR count). The minimum Gasteiger partial charge on any atom is -0.378 e. The number of nitrogens with zero attached hydrogens (tertiary/aromatic N) is 2. The van der Waals surface area contributed by atoms with Gasteiger partial charge >= 0.3 is 0 Å². The lowest BCUT2D eigenvalue weighted by atomic mass is 10.00. The van der Waals surface area contributed by atoms with Crippen LogP contribution in [0.3, 0.4) is 0 Å². The first-order valence-electron chi connectivity index (χ1n) is 7.71. The Morgan fingerprint density at radius 1 is 1.37 bits per heavy atom. The van der Waals surface area contributed by atoms with E-state index in [9.17, 15) is 0 Å². The van der Waals surface area contributed by atoms with Gasteiger partial charge in [0.1, 0.15) is 0 Å². The Morgan fingerprint density at radius 3 is 2.53 bits per heavy atom. The van der Waals surface area contributed by atoms with E-state index in [-0.39, 0.29) is 0 Å². The van der Waals surface area contributed by atoms with Crippen LogP contribution in [0.1, 0.15) is 47.0 Å². The number of likely N-dealkylation sites (tertiary alicyclic amines) is 1. The molecular formula is C15H31N3O. The Balaban J connectivity index is 2.34. The molecule has 1 aliphatic heterocycles. The average molecular weight is 269 g/mol. The molecule has 112 valence electrons.